The first kappa shape index (κ1) is 22.0. The fraction of sp³-hybridized carbons (Fsp3) is 0.600. The van der Waals surface area contributed by atoms with Crippen LogP contribution in [0.3, 0.4) is 0 Å². The lowest BCUT2D eigenvalue weighted by Crippen LogP contribution is -2.39. The molecule has 3 heterocycles. The minimum absolute atomic E-state index is 0.0641. The summed E-state index contributed by atoms with van der Waals surface area (Å²) in [5.41, 5.74) is 0.0641. The lowest BCUT2D eigenvalue weighted by molar-refractivity contribution is -0.0809. The summed E-state index contributed by atoms with van der Waals surface area (Å²) in [6.45, 7) is 8.93. The number of nitrogens with one attached hydrogen (secondary N) is 1. The molecule has 172 valence electrons. The molecule has 2 saturated heterocycles. The Morgan fingerprint density at radius 2 is 1.84 bits per heavy atom. The zero-order valence-corrected chi connectivity index (χ0v) is 19.9. The van der Waals surface area contributed by atoms with Crippen LogP contribution in [-0.2, 0) is 15.5 Å². The predicted octanol–water partition coefficient (Wildman–Crippen LogP) is 3.97. The SMILES string of the molecule is CC1(C)CCC(CN2C[C@H]3CC(Nc4ccc(S(=O)c5ccccc5)nn4)C[C@H]3C2)CO1. The van der Waals surface area contributed by atoms with E-state index in [1.165, 1.54) is 45.3 Å². The van der Waals surface area contributed by atoms with Crippen molar-refractivity contribution in [2.24, 2.45) is 17.8 Å². The van der Waals surface area contributed by atoms with Gasteiger partial charge in [0.15, 0.2) is 5.03 Å². The molecule has 3 fully saturated rings. The molecule has 6 nitrogen and oxygen atoms in total. The number of hydrogen-bond acceptors (Lipinski definition) is 6. The van der Waals surface area contributed by atoms with E-state index in [0.717, 1.165) is 29.2 Å². The highest BCUT2D eigenvalue weighted by Crippen LogP contribution is 2.40. The maximum absolute atomic E-state index is 12.6. The third-order valence-electron chi connectivity index (χ3n) is 7.35. The number of benzene rings is 1. The van der Waals surface area contributed by atoms with Gasteiger partial charge in [-0.1, -0.05) is 18.2 Å². The van der Waals surface area contributed by atoms with E-state index >= 15 is 0 Å². The van der Waals surface area contributed by atoms with Gasteiger partial charge in [-0.15, -0.1) is 10.2 Å². The highest BCUT2D eigenvalue weighted by molar-refractivity contribution is 7.85. The number of nitrogens with zero attached hydrogens (tertiary/aromatic N) is 3. The Kier molecular flexibility index (Phi) is 6.32. The van der Waals surface area contributed by atoms with Crippen molar-refractivity contribution in [3.8, 4) is 0 Å². The van der Waals surface area contributed by atoms with Crippen LogP contribution in [0.1, 0.15) is 39.5 Å². The summed E-state index contributed by atoms with van der Waals surface area (Å²) in [4.78, 5) is 3.42. The summed E-state index contributed by atoms with van der Waals surface area (Å²) < 4.78 is 18.7. The van der Waals surface area contributed by atoms with Gasteiger partial charge in [0.25, 0.3) is 0 Å². The standard InChI is InChI=1S/C25H34N4O2S/c1-25(2)11-10-18(17-31-25)14-29-15-19-12-21(13-20(19)16-29)26-23-8-9-24(28-27-23)32(30)22-6-4-3-5-7-22/h3-9,18-21H,10-17H2,1-2H3,(H,26,27)/t18?,19-,20+,21?,32?. The zero-order valence-electron chi connectivity index (χ0n) is 19.1. The summed E-state index contributed by atoms with van der Waals surface area (Å²) in [6.07, 6.45) is 4.83. The second kappa shape index (κ2) is 9.20. The molecule has 1 N–H and O–H groups in total. The van der Waals surface area contributed by atoms with Crippen LogP contribution in [0.5, 0.6) is 0 Å². The normalized spacial score (nSPS) is 30.7. The van der Waals surface area contributed by atoms with E-state index in [1.807, 2.05) is 42.5 Å². The van der Waals surface area contributed by atoms with E-state index in [4.69, 9.17) is 4.74 Å². The molecule has 3 unspecified atom stereocenters. The van der Waals surface area contributed by atoms with E-state index in [-0.39, 0.29) is 5.60 Å². The smallest absolute Gasteiger partial charge is 0.155 e. The van der Waals surface area contributed by atoms with Gasteiger partial charge in [0.1, 0.15) is 16.6 Å². The molecule has 0 spiro atoms. The molecule has 3 aliphatic rings. The molecule has 2 aliphatic heterocycles. The van der Waals surface area contributed by atoms with Gasteiger partial charge in [-0.2, -0.15) is 0 Å². The minimum atomic E-state index is -1.29. The Balaban J connectivity index is 1.09. The predicted molar refractivity (Wildman–Crippen MR) is 126 cm³/mol. The quantitative estimate of drug-likeness (QED) is 0.712. The molecule has 7 heteroatoms. The van der Waals surface area contributed by atoms with E-state index < -0.39 is 10.8 Å². The van der Waals surface area contributed by atoms with Crippen LogP contribution in [0.2, 0.25) is 0 Å². The van der Waals surface area contributed by atoms with Crippen LogP contribution in [0.15, 0.2) is 52.4 Å². The van der Waals surface area contributed by atoms with Crippen LogP contribution in [0.25, 0.3) is 0 Å². The molecule has 1 aliphatic carbocycles. The number of fused-ring (bicyclic) bond motifs is 1. The summed E-state index contributed by atoms with van der Waals surface area (Å²) >= 11 is 0. The summed E-state index contributed by atoms with van der Waals surface area (Å²) in [5.74, 6) is 3.01. The van der Waals surface area contributed by atoms with Gasteiger partial charge in [-0.05, 0) is 81.5 Å². The van der Waals surface area contributed by atoms with Crippen LogP contribution >= 0.6 is 0 Å². The fourth-order valence-electron chi connectivity index (χ4n) is 5.59. The van der Waals surface area contributed by atoms with E-state index in [2.05, 4.69) is 34.3 Å². The summed E-state index contributed by atoms with van der Waals surface area (Å²) in [5, 5.41) is 12.6. The highest BCUT2D eigenvalue weighted by atomic mass is 32.2. The number of anilines is 1. The Hall–Kier alpha value is -1.83. The van der Waals surface area contributed by atoms with Crippen molar-refractivity contribution in [1.29, 1.82) is 0 Å². The van der Waals surface area contributed by atoms with Crippen molar-refractivity contribution in [1.82, 2.24) is 15.1 Å². The Morgan fingerprint density at radius 1 is 1.09 bits per heavy atom. The molecule has 1 aromatic carbocycles. The van der Waals surface area contributed by atoms with Gasteiger partial charge >= 0.3 is 0 Å². The lowest BCUT2D eigenvalue weighted by atomic mass is 9.91. The van der Waals surface area contributed by atoms with Crippen LogP contribution < -0.4 is 5.32 Å². The van der Waals surface area contributed by atoms with Crippen molar-refractivity contribution in [2.75, 3.05) is 31.6 Å². The Morgan fingerprint density at radius 3 is 2.47 bits per heavy atom. The summed E-state index contributed by atoms with van der Waals surface area (Å²) in [7, 11) is -1.29. The van der Waals surface area contributed by atoms with Gasteiger partial charge in [0, 0.05) is 30.6 Å². The maximum atomic E-state index is 12.6. The molecular weight excluding hydrogens is 420 g/mol. The van der Waals surface area contributed by atoms with Crippen LogP contribution in [0.4, 0.5) is 5.82 Å². The highest BCUT2D eigenvalue weighted by Gasteiger charge is 2.41. The fourth-order valence-corrected chi connectivity index (χ4v) is 6.55. The molecular formula is C25H34N4O2S. The second-order valence-corrected chi connectivity index (χ2v) is 11.8. The number of aromatic nitrogens is 2. The summed E-state index contributed by atoms with van der Waals surface area (Å²) in [6, 6.07) is 13.6. The third-order valence-corrected chi connectivity index (χ3v) is 8.64. The Bertz CT molecular complexity index is 913. The number of ether oxygens (including phenoxy) is 1. The molecule has 2 aromatic rings. The van der Waals surface area contributed by atoms with E-state index in [1.54, 1.807) is 0 Å². The lowest BCUT2D eigenvalue weighted by Gasteiger charge is -2.36. The van der Waals surface area contributed by atoms with Crippen LogP contribution in [-0.4, -0.2) is 57.2 Å². The monoisotopic (exact) mass is 454 g/mol. The molecule has 0 amide bonds. The molecule has 5 rings (SSSR count). The van der Waals surface area contributed by atoms with Crippen molar-refractivity contribution in [3.05, 3.63) is 42.5 Å². The van der Waals surface area contributed by atoms with Crippen molar-refractivity contribution in [2.45, 2.75) is 61.1 Å². The van der Waals surface area contributed by atoms with Crippen LogP contribution in [0, 0.1) is 17.8 Å². The number of hydrogen-bond donors (Lipinski definition) is 1. The molecule has 1 saturated carbocycles. The van der Waals surface area contributed by atoms with Crippen molar-refractivity contribution >= 4 is 16.6 Å². The molecule has 5 atom stereocenters. The van der Waals surface area contributed by atoms with Crippen molar-refractivity contribution in [3.63, 3.8) is 0 Å². The first-order chi connectivity index (χ1) is 15.4. The third kappa shape index (κ3) is 5.05. The first-order valence-electron chi connectivity index (χ1n) is 11.9. The van der Waals surface area contributed by atoms with E-state index in [9.17, 15) is 4.21 Å². The molecule has 1 aromatic heterocycles. The van der Waals surface area contributed by atoms with Crippen molar-refractivity contribution < 1.29 is 8.95 Å². The van der Waals surface area contributed by atoms with Gasteiger partial charge in [-0.3, -0.25) is 0 Å². The topological polar surface area (TPSA) is 67.4 Å². The van der Waals surface area contributed by atoms with Gasteiger partial charge in [0.2, 0.25) is 0 Å². The van der Waals surface area contributed by atoms with Gasteiger partial charge < -0.3 is 15.0 Å². The molecule has 0 bridgehead atoms. The average molecular weight is 455 g/mol. The molecule has 0 radical (unpaired) electrons. The molecule has 32 heavy (non-hydrogen) atoms. The number of likely N-dealkylation sites (tertiary alicyclic amines) is 1. The maximum Gasteiger partial charge on any atom is 0.155 e. The number of rotatable bonds is 6. The Labute approximate surface area is 193 Å². The van der Waals surface area contributed by atoms with Gasteiger partial charge in [-0.25, -0.2) is 4.21 Å². The average Bonchev–Trinajstić information content (AvgIpc) is 3.34. The minimum Gasteiger partial charge on any atom is -0.375 e. The largest absolute Gasteiger partial charge is 0.375 e. The van der Waals surface area contributed by atoms with E-state index in [0.29, 0.717) is 17.0 Å². The zero-order chi connectivity index (χ0) is 22.1. The second-order valence-electron chi connectivity index (χ2n) is 10.4. The van der Waals surface area contributed by atoms with Gasteiger partial charge in [0.05, 0.1) is 12.2 Å². The first-order valence-corrected chi connectivity index (χ1v) is 13.0.